The van der Waals surface area contributed by atoms with Gasteiger partial charge in [0.25, 0.3) is 0 Å². The Morgan fingerprint density at radius 2 is 2.05 bits per heavy atom. The van der Waals surface area contributed by atoms with Crippen LogP contribution in [0.25, 0.3) is 0 Å². The quantitative estimate of drug-likeness (QED) is 0.586. The van der Waals surface area contributed by atoms with Crippen LogP contribution in [0.4, 0.5) is 0 Å². The van der Waals surface area contributed by atoms with Crippen LogP contribution in [0.15, 0.2) is 12.1 Å². The Balaban J connectivity index is 0.00000361. The SMILES string of the molecule is C#CCNCc1cc(Cl)c(OCCC)c(OCC)c1.Cl. The van der Waals surface area contributed by atoms with Crippen molar-refractivity contribution in [1.29, 1.82) is 0 Å². The molecule has 3 nitrogen and oxygen atoms in total. The number of ether oxygens (including phenoxy) is 2. The second kappa shape index (κ2) is 10.7. The summed E-state index contributed by atoms with van der Waals surface area (Å²) in [5, 5.41) is 3.69. The van der Waals surface area contributed by atoms with Gasteiger partial charge >= 0.3 is 0 Å². The number of rotatable bonds is 8. The van der Waals surface area contributed by atoms with Gasteiger partial charge in [0.15, 0.2) is 11.5 Å². The molecule has 0 aliphatic carbocycles. The first-order valence-electron chi connectivity index (χ1n) is 6.45. The van der Waals surface area contributed by atoms with E-state index >= 15 is 0 Å². The lowest BCUT2D eigenvalue weighted by Crippen LogP contribution is -2.13. The Bertz CT molecular complexity index is 444. The molecule has 0 amide bonds. The molecule has 5 heteroatoms. The van der Waals surface area contributed by atoms with E-state index < -0.39 is 0 Å². The number of hydrogen-bond acceptors (Lipinski definition) is 3. The van der Waals surface area contributed by atoms with E-state index in [1.807, 2.05) is 26.0 Å². The maximum atomic E-state index is 6.25. The Morgan fingerprint density at radius 1 is 1.30 bits per heavy atom. The standard InChI is InChI=1S/C15H20ClNO2.ClH/c1-4-7-17-11-12-9-13(16)15(19-8-5-2)14(10-12)18-6-3;/h1,9-10,17H,5-8,11H2,2-3H3;1H. The molecule has 0 radical (unpaired) electrons. The van der Waals surface area contributed by atoms with E-state index in [4.69, 9.17) is 27.5 Å². The smallest absolute Gasteiger partial charge is 0.179 e. The van der Waals surface area contributed by atoms with E-state index in [9.17, 15) is 0 Å². The van der Waals surface area contributed by atoms with Crippen LogP contribution < -0.4 is 14.8 Å². The average Bonchev–Trinajstić information content (AvgIpc) is 2.38. The summed E-state index contributed by atoms with van der Waals surface area (Å²) >= 11 is 6.25. The Kier molecular flexibility index (Phi) is 10.1. The summed E-state index contributed by atoms with van der Waals surface area (Å²) in [6, 6.07) is 3.81. The molecule has 112 valence electrons. The third-order valence-electron chi connectivity index (χ3n) is 2.38. The van der Waals surface area contributed by atoms with E-state index in [2.05, 4.69) is 11.2 Å². The Morgan fingerprint density at radius 3 is 2.65 bits per heavy atom. The van der Waals surface area contributed by atoms with Crippen LogP contribution in [0.5, 0.6) is 11.5 Å². The molecular formula is C15H21Cl2NO2. The van der Waals surface area contributed by atoms with Crippen LogP contribution in [0, 0.1) is 12.3 Å². The fourth-order valence-corrected chi connectivity index (χ4v) is 1.90. The van der Waals surface area contributed by atoms with E-state index in [0.29, 0.717) is 42.8 Å². The average molecular weight is 318 g/mol. The Hall–Kier alpha value is -1.08. The zero-order valence-electron chi connectivity index (χ0n) is 11.9. The van der Waals surface area contributed by atoms with Gasteiger partial charge in [0.1, 0.15) is 0 Å². The largest absolute Gasteiger partial charge is 0.490 e. The van der Waals surface area contributed by atoms with Gasteiger partial charge in [-0.2, -0.15) is 0 Å². The molecule has 1 N–H and O–H groups in total. The first-order valence-corrected chi connectivity index (χ1v) is 6.82. The zero-order valence-corrected chi connectivity index (χ0v) is 13.4. The first kappa shape index (κ1) is 18.9. The second-order valence-electron chi connectivity index (χ2n) is 3.99. The van der Waals surface area contributed by atoms with Gasteiger partial charge in [0, 0.05) is 6.54 Å². The van der Waals surface area contributed by atoms with E-state index in [1.54, 1.807) is 0 Å². The molecule has 0 aromatic heterocycles. The van der Waals surface area contributed by atoms with Gasteiger partial charge in [0.2, 0.25) is 0 Å². The molecule has 0 atom stereocenters. The van der Waals surface area contributed by atoms with Gasteiger partial charge in [-0.15, -0.1) is 18.8 Å². The van der Waals surface area contributed by atoms with Crippen molar-refractivity contribution in [3.05, 3.63) is 22.7 Å². The number of nitrogens with one attached hydrogen (secondary N) is 1. The molecule has 1 rings (SSSR count). The van der Waals surface area contributed by atoms with E-state index in [0.717, 1.165) is 12.0 Å². The molecule has 0 heterocycles. The molecule has 1 aromatic rings. The van der Waals surface area contributed by atoms with Crippen molar-refractivity contribution in [2.45, 2.75) is 26.8 Å². The lowest BCUT2D eigenvalue weighted by molar-refractivity contribution is 0.277. The molecule has 0 fully saturated rings. The molecule has 0 saturated heterocycles. The van der Waals surface area contributed by atoms with Gasteiger partial charge in [0.05, 0.1) is 24.8 Å². The minimum absolute atomic E-state index is 0. The van der Waals surface area contributed by atoms with Crippen LogP contribution >= 0.6 is 24.0 Å². The summed E-state index contributed by atoms with van der Waals surface area (Å²) in [6.07, 6.45) is 6.12. The number of halogens is 2. The fourth-order valence-electron chi connectivity index (χ4n) is 1.61. The molecule has 0 saturated carbocycles. The topological polar surface area (TPSA) is 30.5 Å². The van der Waals surface area contributed by atoms with Crippen molar-refractivity contribution in [1.82, 2.24) is 5.32 Å². The van der Waals surface area contributed by atoms with Crippen LogP contribution in [-0.2, 0) is 6.54 Å². The summed E-state index contributed by atoms with van der Waals surface area (Å²) in [7, 11) is 0. The van der Waals surface area contributed by atoms with Gasteiger partial charge in [-0.05, 0) is 31.0 Å². The summed E-state index contributed by atoms with van der Waals surface area (Å²) in [4.78, 5) is 0. The predicted octanol–water partition coefficient (Wildman–Crippen LogP) is 3.67. The van der Waals surface area contributed by atoms with Crippen molar-refractivity contribution >= 4 is 24.0 Å². The monoisotopic (exact) mass is 317 g/mol. The van der Waals surface area contributed by atoms with Crippen molar-refractivity contribution in [2.24, 2.45) is 0 Å². The van der Waals surface area contributed by atoms with E-state index in [-0.39, 0.29) is 12.4 Å². The Labute approximate surface area is 132 Å². The molecule has 20 heavy (non-hydrogen) atoms. The maximum Gasteiger partial charge on any atom is 0.179 e. The molecule has 0 aliphatic rings. The lowest BCUT2D eigenvalue weighted by atomic mass is 10.2. The highest BCUT2D eigenvalue weighted by Gasteiger charge is 2.12. The molecule has 0 unspecified atom stereocenters. The number of benzene rings is 1. The molecule has 0 aliphatic heterocycles. The third kappa shape index (κ3) is 5.92. The minimum Gasteiger partial charge on any atom is -0.490 e. The van der Waals surface area contributed by atoms with Crippen molar-refractivity contribution in [3.8, 4) is 23.8 Å². The predicted molar refractivity (Wildman–Crippen MR) is 86.2 cm³/mol. The highest BCUT2D eigenvalue weighted by atomic mass is 35.5. The highest BCUT2D eigenvalue weighted by Crippen LogP contribution is 2.36. The highest BCUT2D eigenvalue weighted by molar-refractivity contribution is 6.32. The summed E-state index contributed by atoms with van der Waals surface area (Å²) < 4.78 is 11.2. The van der Waals surface area contributed by atoms with Crippen LogP contribution in [0.1, 0.15) is 25.8 Å². The minimum atomic E-state index is 0. The number of terminal acetylenes is 1. The molecule has 0 bridgehead atoms. The molecule has 1 aromatic carbocycles. The van der Waals surface area contributed by atoms with Gasteiger partial charge < -0.3 is 14.8 Å². The van der Waals surface area contributed by atoms with Gasteiger partial charge in [-0.3, -0.25) is 0 Å². The molecular weight excluding hydrogens is 297 g/mol. The van der Waals surface area contributed by atoms with Crippen molar-refractivity contribution in [3.63, 3.8) is 0 Å². The fraction of sp³-hybridized carbons (Fsp3) is 0.467. The van der Waals surface area contributed by atoms with Gasteiger partial charge in [-0.25, -0.2) is 0 Å². The van der Waals surface area contributed by atoms with Crippen LogP contribution in [-0.4, -0.2) is 19.8 Å². The van der Waals surface area contributed by atoms with Crippen molar-refractivity contribution < 1.29 is 9.47 Å². The second-order valence-corrected chi connectivity index (χ2v) is 4.40. The summed E-state index contributed by atoms with van der Waals surface area (Å²) in [6.45, 7) is 6.34. The zero-order chi connectivity index (χ0) is 14.1. The van der Waals surface area contributed by atoms with Crippen molar-refractivity contribution in [2.75, 3.05) is 19.8 Å². The molecule has 0 spiro atoms. The van der Waals surface area contributed by atoms with Gasteiger partial charge in [-0.1, -0.05) is 24.4 Å². The maximum absolute atomic E-state index is 6.25. The number of hydrogen-bond donors (Lipinski definition) is 1. The van der Waals surface area contributed by atoms with E-state index in [1.165, 1.54) is 0 Å². The third-order valence-corrected chi connectivity index (χ3v) is 2.66. The van der Waals surface area contributed by atoms with Crippen LogP contribution in [0.2, 0.25) is 5.02 Å². The first-order chi connectivity index (χ1) is 9.22. The normalized spacial score (nSPS) is 9.50. The lowest BCUT2D eigenvalue weighted by Gasteiger charge is -2.15. The van der Waals surface area contributed by atoms with Crippen LogP contribution in [0.3, 0.4) is 0 Å². The summed E-state index contributed by atoms with van der Waals surface area (Å²) in [5.41, 5.74) is 1.02. The summed E-state index contributed by atoms with van der Waals surface area (Å²) in [5.74, 6) is 3.83.